The molecule has 1 atom stereocenters. The van der Waals surface area contributed by atoms with Crippen LogP contribution in [0.5, 0.6) is 11.5 Å². The van der Waals surface area contributed by atoms with Crippen LogP contribution in [0.25, 0.3) is 0 Å². The molecule has 0 aromatic heterocycles. The van der Waals surface area contributed by atoms with E-state index < -0.39 is 6.10 Å². The molecule has 0 radical (unpaired) electrons. The van der Waals surface area contributed by atoms with Crippen molar-refractivity contribution in [1.82, 2.24) is 4.90 Å². The van der Waals surface area contributed by atoms with Crippen molar-refractivity contribution in [2.75, 3.05) is 12.4 Å². The van der Waals surface area contributed by atoms with Gasteiger partial charge in [-0.1, -0.05) is 36.4 Å². The number of fused-ring (bicyclic) bond motifs is 1. The van der Waals surface area contributed by atoms with Crippen molar-refractivity contribution < 1.29 is 19.1 Å². The van der Waals surface area contributed by atoms with Crippen molar-refractivity contribution in [1.29, 1.82) is 0 Å². The molecule has 33 heavy (non-hydrogen) atoms. The zero-order valence-electron chi connectivity index (χ0n) is 18.5. The van der Waals surface area contributed by atoms with E-state index in [-0.39, 0.29) is 17.9 Å². The van der Waals surface area contributed by atoms with Gasteiger partial charge < -0.3 is 19.7 Å². The summed E-state index contributed by atoms with van der Waals surface area (Å²) in [5, 5.41) is 2.91. The average molecular weight is 443 g/mol. The maximum Gasteiger partial charge on any atom is 0.265 e. The monoisotopic (exact) mass is 442 g/mol. The Bertz CT molecular complexity index is 1150. The molecule has 1 aliphatic carbocycles. The molecule has 3 aromatic carbocycles. The van der Waals surface area contributed by atoms with Crippen LogP contribution in [0.2, 0.25) is 0 Å². The van der Waals surface area contributed by atoms with Crippen molar-refractivity contribution in [2.45, 2.75) is 38.0 Å². The number of nitrogens with zero attached hydrogens (tertiary/aromatic N) is 1. The van der Waals surface area contributed by atoms with Crippen LogP contribution in [0.3, 0.4) is 0 Å². The Morgan fingerprint density at radius 2 is 1.82 bits per heavy atom. The van der Waals surface area contributed by atoms with Crippen molar-refractivity contribution in [3.05, 3.63) is 89.5 Å². The molecule has 0 bridgehead atoms. The van der Waals surface area contributed by atoms with Gasteiger partial charge in [0.15, 0.2) is 6.10 Å². The summed E-state index contributed by atoms with van der Waals surface area (Å²) in [6.07, 6.45) is 1.99. The SMILES string of the molecule is COc1ccc(CN(C(=O)c2cccc(NC(=O)C3Cc4ccccc4O3)c2)C2CC2)cc1. The first-order valence-corrected chi connectivity index (χ1v) is 11.2. The summed E-state index contributed by atoms with van der Waals surface area (Å²) in [4.78, 5) is 28.0. The summed E-state index contributed by atoms with van der Waals surface area (Å²) in [5.74, 6) is 1.29. The van der Waals surface area contributed by atoms with Gasteiger partial charge in [-0.3, -0.25) is 9.59 Å². The van der Waals surface area contributed by atoms with E-state index in [2.05, 4.69) is 5.32 Å². The van der Waals surface area contributed by atoms with Crippen LogP contribution in [-0.4, -0.2) is 36.0 Å². The van der Waals surface area contributed by atoms with Crippen LogP contribution in [0.1, 0.15) is 34.3 Å². The lowest BCUT2D eigenvalue weighted by molar-refractivity contribution is -0.122. The number of rotatable bonds is 7. The summed E-state index contributed by atoms with van der Waals surface area (Å²) >= 11 is 0. The number of anilines is 1. The molecule has 1 N–H and O–H groups in total. The number of hydrogen-bond donors (Lipinski definition) is 1. The molecule has 2 aliphatic rings. The van der Waals surface area contributed by atoms with Gasteiger partial charge in [0.2, 0.25) is 0 Å². The normalized spacial score (nSPS) is 16.5. The number of carbonyl (C=O) groups excluding carboxylic acids is 2. The highest BCUT2D eigenvalue weighted by atomic mass is 16.5. The molecular weight excluding hydrogens is 416 g/mol. The largest absolute Gasteiger partial charge is 0.497 e. The van der Waals surface area contributed by atoms with Crippen molar-refractivity contribution in [3.8, 4) is 11.5 Å². The Morgan fingerprint density at radius 3 is 2.55 bits per heavy atom. The first-order chi connectivity index (χ1) is 16.1. The Kier molecular flexibility index (Phi) is 5.73. The number of benzene rings is 3. The second kappa shape index (κ2) is 8.98. The zero-order valence-corrected chi connectivity index (χ0v) is 18.5. The molecular formula is C27H26N2O4. The van der Waals surface area contributed by atoms with Gasteiger partial charge in [-0.2, -0.15) is 0 Å². The summed E-state index contributed by atoms with van der Waals surface area (Å²) in [5.41, 5.74) is 3.23. The van der Waals surface area contributed by atoms with Crippen LogP contribution in [0.4, 0.5) is 5.69 Å². The van der Waals surface area contributed by atoms with Crippen molar-refractivity contribution >= 4 is 17.5 Å². The minimum atomic E-state index is -0.570. The number of ether oxygens (including phenoxy) is 2. The van der Waals surface area contributed by atoms with E-state index in [1.54, 1.807) is 31.4 Å². The lowest BCUT2D eigenvalue weighted by atomic mass is 10.1. The third-order valence-electron chi connectivity index (χ3n) is 6.08. The lowest BCUT2D eigenvalue weighted by Gasteiger charge is -2.23. The smallest absolute Gasteiger partial charge is 0.265 e. The van der Waals surface area contributed by atoms with Crippen LogP contribution < -0.4 is 14.8 Å². The van der Waals surface area contributed by atoms with Gasteiger partial charge in [-0.05, 0) is 60.4 Å². The number of para-hydroxylation sites is 1. The van der Waals surface area contributed by atoms with E-state index in [0.29, 0.717) is 24.2 Å². The Morgan fingerprint density at radius 1 is 1.03 bits per heavy atom. The molecule has 1 unspecified atom stereocenters. The second-order valence-electron chi connectivity index (χ2n) is 8.50. The number of methoxy groups -OCH3 is 1. The molecule has 1 fully saturated rings. The van der Waals surface area contributed by atoms with Crippen molar-refractivity contribution in [3.63, 3.8) is 0 Å². The van der Waals surface area contributed by atoms with Crippen LogP contribution in [0.15, 0.2) is 72.8 Å². The van der Waals surface area contributed by atoms with E-state index in [4.69, 9.17) is 9.47 Å². The van der Waals surface area contributed by atoms with Crippen LogP contribution in [0, 0.1) is 0 Å². The highest BCUT2D eigenvalue weighted by Gasteiger charge is 2.33. The maximum absolute atomic E-state index is 13.4. The van der Waals surface area contributed by atoms with E-state index in [1.165, 1.54) is 0 Å². The third kappa shape index (κ3) is 4.70. The highest BCUT2D eigenvalue weighted by molar-refractivity contribution is 5.99. The molecule has 3 aromatic rings. The number of amides is 2. The van der Waals surface area contributed by atoms with Gasteiger partial charge in [0.05, 0.1) is 7.11 Å². The quantitative estimate of drug-likeness (QED) is 0.587. The Hall–Kier alpha value is -3.80. The fraction of sp³-hybridized carbons (Fsp3) is 0.259. The first kappa shape index (κ1) is 21.1. The Balaban J connectivity index is 1.27. The van der Waals surface area contributed by atoms with Gasteiger partial charge in [-0.25, -0.2) is 0 Å². The molecule has 5 rings (SSSR count). The first-order valence-electron chi connectivity index (χ1n) is 11.2. The lowest BCUT2D eigenvalue weighted by Crippen LogP contribution is -2.33. The number of carbonyl (C=O) groups is 2. The van der Waals surface area contributed by atoms with Crippen molar-refractivity contribution in [2.24, 2.45) is 0 Å². The van der Waals surface area contributed by atoms with Gasteiger partial charge in [0.25, 0.3) is 11.8 Å². The molecule has 168 valence electrons. The molecule has 1 aliphatic heterocycles. The molecule has 0 spiro atoms. The molecule has 0 saturated heterocycles. The fourth-order valence-electron chi connectivity index (χ4n) is 4.13. The minimum Gasteiger partial charge on any atom is -0.497 e. The van der Waals surface area contributed by atoms with Crippen LogP contribution >= 0.6 is 0 Å². The topological polar surface area (TPSA) is 67.9 Å². The number of nitrogens with one attached hydrogen (secondary N) is 1. The van der Waals surface area contributed by atoms with E-state index >= 15 is 0 Å². The average Bonchev–Trinajstić information content (AvgIpc) is 3.59. The van der Waals surface area contributed by atoms with Gasteiger partial charge in [-0.15, -0.1) is 0 Å². The summed E-state index contributed by atoms with van der Waals surface area (Å²) in [6, 6.07) is 22.8. The molecule has 6 nitrogen and oxygen atoms in total. The third-order valence-corrected chi connectivity index (χ3v) is 6.08. The predicted molar refractivity (Wildman–Crippen MR) is 126 cm³/mol. The molecule has 1 saturated carbocycles. The summed E-state index contributed by atoms with van der Waals surface area (Å²) < 4.78 is 11.0. The van der Waals surface area contributed by atoms with Crippen LogP contribution in [-0.2, 0) is 17.8 Å². The zero-order chi connectivity index (χ0) is 22.8. The van der Waals surface area contributed by atoms with Gasteiger partial charge >= 0.3 is 0 Å². The van der Waals surface area contributed by atoms with Gasteiger partial charge in [0.1, 0.15) is 11.5 Å². The minimum absolute atomic E-state index is 0.0334. The summed E-state index contributed by atoms with van der Waals surface area (Å²) in [6.45, 7) is 0.540. The predicted octanol–water partition coefficient (Wildman–Crippen LogP) is 4.44. The Labute approximate surface area is 193 Å². The van der Waals surface area contributed by atoms with Gasteiger partial charge in [0, 0.05) is 30.3 Å². The molecule has 2 amide bonds. The van der Waals surface area contributed by atoms with E-state index in [0.717, 1.165) is 35.5 Å². The molecule has 6 heteroatoms. The second-order valence-corrected chi connectivity index (χ2v) is 8.50. The standard InChI is InChI=1S/C27H26N2O4/c1-32-23-13-9-18(10-14-23)17-29(22-11-12-22)27(31)20-6-4-7-21(15-20)28-26(30)25-16-19-5-2-3-8-24(19)33-25/h2-10,13-15,22,25H,11-12,16-17H2,1H3,(H,28,30). The summed E-state index contributed by atoms with van der Waals surface area (Å²) in [7, 11) is 1.64. The number of hydrogen-bond acceptors (Lipinski definition) is 4. The fourth-order valence-corrected chi connectivity index (χ4v) is 4.13. The maximum atomic E-state index is 13.4. The molecule has 1 heterocycles. The highest BCUT2D eigenvalue weighted by Crippen LogP contribution is 2.31. The van der Waals surface area contributed by atoms with E-state index in [9.17, 15) is 9.59 Å². The van der Waals surface area contributed by atoms with E-state index in [1.807, 2.05) is 53.4 Å².